The highest BCUT2D eigenvalue weighted by Gasteiger charge is 2.26. The number of hydrogen-bond acceptors (Lipinski definition) is 6. The average Bonchev–Trinajstić information content (AvgIpc) is 3.08. The molecule has 1 aromatic carbocycles. The standard InChI is InChI=1S/C15H10FN3O3S2/c16-10-4-2-1-3-8(10)5-9-7-17-14(23-9)18-12(20)6-11-13(21)19-15(22)24-11/h1-4,6-7H,5H2,(H,17,18,20)(H,19,21,22)/b11-6-. The Morgan fingerprint density at radius 1 is 1.33 bits per heavy atom. The zero-order chi connectivity index (χ0) is 17.1. The first kappa shape index (κ1) is 16.3. The van der Waals surface area contributed by atoms with Crippen LogP contribution in [0.15, 0.2) is 41.4 Å². The number of nitrogens with one attached hydrogen (secondary N) is 2. The molecular weight excluding hydrogens is 353 g/mol. The summed E-state index contributed by atoms with van der Waals surface area (Å²) in [5.41, 5.74) is 0.540. The minimum atomic E-state index is -0.598. The number of nitrogens with zero attached hydrogens (tertiary/aromatic N) is 1. The van der Waals surface area contributed by atoms with Gasteiger partial charge in [0.1, 0.15) is 5.82 Å². The van der Waals surface area contributed by atoms with Crippen LogP contribution in [0.1, 0.15) is 10.4 Å². The number of aromatic nitrogens is 1. The summed E-state index contributed by atoms with van der Waals surface area (Å²) in [6.45, 7) is 0. The Bertz CT molecular complexity index is 863. The van der Waals surface area contributed by atoms with E-state index in [0.717, 1.165) is 11.0 Å². The second kappa shape index (κ2) is 6.93. The van der Waals surface area contributed by atoms with Gasteiger partial charge >= 0.3 is 0 Å². The van der Waals surface area contributed by atoms with Gasteiger partial charge in [0.2, 0.25) is 0 Å². The monoisotopic (exact) mass is 363 g/mol. The third kappa shape index (κ3) is 3.87. The molecule has 0 saturated carbocycles. The number of thiazole rings is 1. The minimum Gasteiger partial charge on any atom is -0.298 e. The summed E-state index contributed by atoms with van der Waals surface area (Å²) in [5, 5.41) is 4.40. The molecule has 1 aliphatic rings. The molecule has 0 unspecified atom stereocenters. The zero-order valence-corrected chi connectivity index (χ0v) is 13.7. The van der Waals surface area contributed by atoms with Crippen molar-refractivity contribution in [2.75, 3.05) is 5.32 Å². The summed E-state index contributed by atoms with van der Waals surface area (Å²) < 4.78 is 13.6. The molecule has 2 aromatic rings. The maximum absolute atomic E-state index is 13.6. The number of anilines is 1. The van der Waals surface area contributed by atoms with Crippen LogP contribution in [0, 0.1) is 5.82 Å². The van der Waals surface area contributed by atoms with E-state index < -0.39 is 17.1 Å². The summed E-state index contributed by atoms with van der Waals surface area (Å²) in [6.07, 6.45) is 2.97. The molecule has 0 spiro atoms. The fourth-order valence-corrected chi connectivity index (χ4v) is 3.45. The van der Waals surface area contributed by atoms with Crippen LogP contribution in [0.5, 0.6) is 0 Å². The largest absolute Gasteiger partial charge is 0.298 e. The number of carbonyl (C=O) groups is 3. The molecule has 9 heteroatoms. The zero-order valence-electron chi connectivity index (χ0n) is 12.0. The fourth-order valence-electron chi connectivity index (χ4n) is 1.96. The van der Waals surface area contributed by atoms with Gasteiger partial charge in [-0.2, -0.15) is 0 Å². The van der Waals surface area contributed by atoms with E-state index in [1.54, 1.807) is 24.4 Å². The molecule has 2 N–H and O–H groups in total. The van der Waals surface area contributed by atoms with Crippen molar-refractivity contribution in [3.63, 3.8) is 0 Å². The smallest absolute Gasteiger partial charge is 0.290 e. The van der Waals surface area contributed by atoms with Gasteiger partial charge in [-0.05, 0) is 23.4 Å². The van der Waals surface area contributed by atoms with Gasteiger partial charge in [-0.1, -0.05) is 18.2 Å². The van der Waals surface area contributed by atoms with Crippen LogP contribution in [0.25, 0.3) is 0 Å². The van der Waals surface area contributed by atoms with E-state index in [0.29, 0.717) is 28.9 Å². The Labute approximate surface area is 144 Å². The number of halogens is 1. The van der Waals surface area contributed by atoms with E-state index in [1.165, 1.54) is 17.4 Å². The van der Waals surface area contributed by atoms with Crippen molar-refractivity contribution >= 4 is 45.3 Å². The normalized spacial score (nSPS) is 15.6. The first-order valence-electron chi connectivity index (χ1n) is 6.75. The summed E-state index contributed by atoms with van der Waals surface area (Å²) in [6, 6.07) is 6.44. The maximum Gasteiger partial charge on any atom is 0.290 e. The molecule has 2 heterocycles. The van der Waals surface area contributed by atoms with Gasteiger partial charge in [0.05, 0.1) is 4.91 Å². The molecule has 3 rings (SSSR count). The van der Waals surface area contributed by atoms with E-state index in [1.807, 2.05) is 0 Å². The number of hydrogen-bond donors (Lipinski definition) is 2. The van der Waals surface area contributed by atoms with Crippen LogP contribution in [0.3, 0.4) is 0 Å². The number of carbonyl (C=O) groups excluding carboxylic acids is 3. The van der Waals surface area contributed by atoms with Crippen molar-refractivity contribution in [2.24, 2.45) is 0 Å². The van der Waals surface area contributed by atoms with Crippen LogP contribution in [-0.4, -0.2) is 22.0 Å². The lowest BCUT2D eigenvalue weighted by Crippen LogP contribution is -2.18. The highest BCUT2D eigenvalue weighted by molar-refractivity contribution is 8.18. The topological polar surface area (TPSA) is 88.2 Å². The van der Waals surface area contributed by atoms with Crippen LogP contribution >= 0.6 is 23.1 Å². The average molecular weight is 363 g/mol. The first-order valence-corrected chi connectivity index (χ1v) is 8.38. The first-order chi connectivity index (χ1) is 11.5. The van der Waals surface area contributed by atoms with Crippen LogP contribution < -0.4 is 10.6 Å². The Morgan fingerprint density at radius 2 is 2.12 bits per heavy atom. The quantitative estimate of drug-likeness (QED) is 0.816. The molecule has 24 heavy (non-hydrogen) atoms. The number of benzene rings is 1. The molecular formula is C15H10FN3O3S2. The third-order valence-electron chi connectivity index (χ3n) is 3.01. The SMILES string of the molecule is O=C(/C=C1\SC(=O)NC1=O)Nc1ncc(Cc2ccccc2F)s1. The highest BCUT2D eigenvalue weighted by atomic mass is 32.2. The van der Waals surface area contributed by atoms with Gasteiger partial charge in [-0.15, -0.1) is 11.3 Å². The van der Waals surface area contributed by atoms with Gasteiger partial charge in [-0.3, -0.25) is 25.0 Å². The predicted molar refractivity (Wildman–Crippen MR) is 89.2 cm³/mol. The van der Waals surface area contributed by atoms with Crippen molar-refractivity contribution in [1.82, 2.24) is 10.3 Å². The van der Waals surface area contributed by atoms with Crippen molar-refractivity contribution in [1.29, 1.82) is 0 Å². The lowest BCUT2D eigenvalue weighted by atomic mass is 10.1. The van der Waals surface area contributed by atoms with E-state index in [2.05, 4.69) is 15.6 Å². The third-order valence-corrected chi connectivity index (χ3v) is 4.73. The molecule has 1 fully saturated rings. The Morgan fingerprint density at radius 3 is 2.83 bits per heavy atom. The Hall–Kier alpha value is -2.52. The van der Waals surface area contributed by atoms with Crippen LogP contribution in [0.4, 0.5) is 14.3 Å². The molecule has 6 nitrogen and oxygen atoms in total. The van der Waals surface area contributed by atoms with Gasteiger partial charge in [0, 0.05) is 23.6 Å². The maximum atomic E-state index is 13.6. The van der Waals surface area contributed by atoms with Gasteiger partial charge in [0.15, 0.2) is 5.13 Å². The molecule has 122 valence electrons. The highest BCUT2D eigenvalue weighted by Crippen LogP contribution is 2.24. The molecule has 1 aliphatic heterocycles. The summed E-state index contributed by atoms with van der Waals surface area (Å²) in [4.78, 5) is 39.1. The van der Waals surface area contributed by atoms with Crippen molar-refractivity contribution in [3.05, 3.63) is 57.7 Å². The molecule has 3 amide bonds. The molecule has 0 bridgehead atoms. The summed E-state index contributed by atoms with van der Waals surface area (Å²) in [5.74, 6) is -1.45. The lowest BCUT2D eigenvalue weighted by molar-refractivity contribution is -0.116. The van der Waals surface area contributed by atoms with Crippen LogP contribution in [0.2, 0.25) is 0 Å². The summed E-state index contributed by atoms with van der Waals surface area (Å²) >= 11 is 1.87. The number of amides is 3. The van der Waals surface area contributed by atoms with Gasteiger partial charge in [-0.25, -0.2) is 9.37 Å². The molecule has 0 aliphatic carbocycles. The second-order valence-electron chi connectivity index (χ2n) is 4.74. The van der Waals surface area contributed by atoms with Gasteiger partial charge < -0.3 is 0 Å². The Balaban J connectivity index is 1.65. The van der Waals surface area contributed by atoms with Gasteiger partial charge in [0.25, 0.3) is 17.1 Å². The molecule has 0 atom stereocenters. The van der Waals surface area contributed by atoms with Crippen molar-refractivity contribution in [2.45, 2.75) is 6.42 Å². The van der Waals surface area contributed by atoms with E-state index in [9.17, 15) is 18.8 Å². The molecule has 1 aromatic heterocycles. The molecule has 0 radical (unpaired) electrons. The van der Waals surface area contributed by atoms with E-state index >= 15 is 0 Å². The predicted octanol–water partition coefficient (Wildman–Crippen LogP) is 2.68. The van der Waals surface area contributed by atoms with Crippen molar-refractivity contribution < 1.29 is 18.8 Å². The summed E-state index contributed by atoms with van der Waals surface area (Å²) in [7, 11) is 0. The van der Waals surface area contributed by atoms with E-state index in [4.69, 9.17) is 0 Å². The molecule has 1 saturated heterocycles. The van der Waals surface area contributed by atoms with Crippen LogP contribution in [-0.2, 0) is 16.0 Å². The second-order valence-corrected chi connectivity index (χ2v) is 6.87. The lowest BCUT2D eigenvalue weighted by Gasteiger charge is -1.99. The van der Waals surface area contributed by atoms with Crippen molar-refractivity contribution in [3.8, 4) is 0 Å². The number of imide groups is 1. The number of rotatable bonds is 4. The number of thioether (sulfide) groups is 1. The van der Waals surface area contributed by atoms with E-state index in [-0.39, 0.29) is 10.7 Å². The Kier molecular flexibility index (Phi) is 4.72. The minimum absolute atomic E-state index is 0.0284. The fraction of sp³-hybridized carbons (Fsp3) is 0.0667.